The van der Waals surface area contributed by atoms with E-state index in [0.29, 0.717) is 0 Å². The summed E-state index contributed by atoms with van der Waals surface area (Å²) in [4.78, 5) is 0. The van der Waals surface area contributed by atoms with Crippen molar-refractivity contribution in [3.05, 3.63) is 107 Å². The molecule has 0 spiro atoms. The van der Waals surface area contributed by atoms with Crippen LogP contribution in [0.1, 0.15) is 25.0 Å². The summed E-state index contributed by atoms with van der Waals surface area (Å²) in [5, 5.41) is 0.764. The highest BCUT2D eigenvalue weighted by molar-refractivity contribution is 6.30. The van der Waals surface area contributed by atoms with Gasteiger partial charge in [-0.25, -0.2) is 0 Å². The topological polar surface area (TPSA) is 0 Å². The molecule has 136 valence electrons. The lowest BCUT2D eigenvalue weighted by molar-refractivity contribution is 0.662. The number of benzene rings is 4. The van der Waals surface area contributed by atoms with Gasteiger partial charge in [0.25, 0.3) is 0 Å². The highest BCUT2D eigenvalue weighted by Crippen LogP contribution is 2.53. The summed E-state index contributed by atoms with van der Waals surface area (Å²) in [5.74, 6) is 0. The molecule has 0 unspecified atom stereocenters. The molecule has 1 aliphatic carbocycles. The third kappa shape index (κ3) is 2.60. The van der Waals surface area contributed by atoms with Crippen LogP contribution in [0, 0.1) is 0 Å². The van der Waals surface area contributed by atoms with Crippen LogP contribution < -0.4 is 0 Å². The maximum Gasteiger partial charge on any atom is 0.0412 e. The number of hydrogen-bond acceptors (Lipinski definition) is 0. The molecule has 0 N–H and O–H groups in total. The van der Waals surface area contributed by atoms with Gasteiger partial charge in [0.2, 0.25) is 0 Å². The first kappa shape index (κ1) is 17.3. The Hall–Kier alpha value is -2.83. The van der Waals surface area contributed by atoms with Crippen LogP contribution in [-0.2, 0) is 5.41 Å². The third-order valence-electron chi connectivity index (χ3n) is 5.90. The van der Waals surface area contributed by atoms with Crippen molar-refractivity contribution in [2.75, 3.05) is 0 Å². The summed E-state index contributed by atoms with van der Waals surface area (Å²) >= 11 is 6.30. The molecule has 0 fully saturated rings. The van der Waals surface area contributed by atoms with Crippen molar-refractivity contribution in [2.24, 2.45) is 0 Å². The van der Waals surface area contributed by atoms with Crippen molar-refractivity contribution in [3.8, 4) is 33.4 Å². The first-order chi connectivity index (χ1) is 13.6. The molecule has 0 saturated heterocycles. The molecular formula is C27H21Cl. The Labute approximate surface area is 171 Å². The van der Waals surface area contributed by atoms with Gasteiger partial charge < -0.3 is 0 Å². The molecule has 0 heterocycles. The molecule has 0 bridgehead atoms. The standard InChI is InChI=1S/C27H21Cl/c1-27(2)25-14-7-6-13-22(25)24-17-20(19-11-8-12-21(28)15-19)16-23(26(24)27)18-9-4-3-5-10-18/h3-17H,1-2H3. The lowest BCUT2D eigenvalue weighted by Crippen LogP contribution is -2.16. The Morgan fingerprint density at radius 2 is 1.25 bits per heavy atom. The normalized spacial score (nSPS) is 13.8. The van der Waals surface area contributed by atoms with Crippen LogP contribution in [0.5, 0.6) is 0 Å². The highest BCUT2D eigenvalue weighted by atomic mass is 35.5. The van der Waals surface area contributed by atoms with Crippen molar-refractivity contribution < 1.29 is 0 Å². The van der Waals surface area contributed by atoms with Crippen molar-refractivity contribution in [3.63, 3.8) is 0 Å². The van der Waals surface area contributed by atoms with E-state index >= 15 is 0 Å². The number of rotatable bonds is 2. The first-order valence-corrected chi connectivity index (χ1v) is 10.0. The first-order valence-electron chi connectivity index (χ1n) is 9.65. The lowest BCUT2D eigenvalue weighted by atomic mass is 9.78. The molecule has 28 heavy (non-hydrogen) atoms. The molecular weight excluding hydrogens is 360 g/mol. The Morgan fingerprint density at radius 1 is 0.571 bits per heavy atom. The lowest BCUT2D eigenvalue weighted by Gasteiger charge is -2.25. The molecule has 0 amide bonds. The van der Waals surface area contributed by atoms with Gasteiger partial charge in [-0.3, -0.25) is 0 Å². The molecule has 0 saturated carbocycles. The predicted molar refractivity (Wildman–Crippen MR) is 120 cm³/mol. The zero-order valence-corrected chi connectivity index (χ0v) is 16.8. The molecule has 0 aromatic heterocycles. The van der Waals surface area contributed by atoms with Gasteiger partial charge in [0.05, 0.1) is 0 Å². The van der Waals surface area contributed by atoms with Gasteiger partial charge in [-0.1, -0.05) is 92.2 Å². The number of hydrogen-bond donors (Lipinski definition) is 0. The molecule has 5 rings (SSSR count). The van der Waals surface area contributed by atoms with Gasteiger partial charge >= 0.3 is 0 Å². The van der Waals surface area contributed by atoms with Crippen molar-refractivity contribution >= 4 is 11.6 Å². The molecule has 0 radical (unpaired) electrons. The fourth-order valence-electron chi connectivity index (χ4n) is 4.61. The van der Waals surface area contributed by atoms with Crippen LogP contribution >= 0.6 is 11.6 Å². The highest BCUT2D eigenvalue weighted by Gasteiger charge is 2.37. The van der Waals surface area contributed by atoms with E-state index in [9.17, 15) is 0 Å². The van der Waals surface area contributed by atoms with Gasteiger partial charge in [-0.2, -0.15) is 0 Å². The smallest absolute Gasteiger partial charge is 0.0412 e. The average Bonchev–Trinajstić information content (AvgIpc) is 2.96. The quantitative estimate of drug-likeness (QED) is 0.330. The van der Waals surface area contributed by atoms with Gasteiger partial charge in [-0.05, 0) is 68.8 Å². The minimum atomic E-state index is -0.0377. The van der Waals surface area contributed by atoms with E-state index in [0.717, 1.165) is 10.6 Å². The maximum absolute atomic E-state index is 6.30. The number of fused-ring (bicyclic) bond motifs is 3. The molecule has 1 aliphatic rings. The minimum absolute atomic E-state index is 0.0377. The minimum Gasteiger partial charge on any atom is -0.0843 e. The van der Waals surface area contributed by atoms with Crippen LogP contribution in [-0.4, -0.2) is 0 Å². The summed E-state index contributed by atoms with van der Waals surface area (Å²) in [6, 6.07) is 32.3. The van der Waals surface area contributed by atoms with E-state index in [2.05, 4.69) is 86.6 Å². The Kier molecular flexibility index (Phi) is 3.92. The average molecular weight is 381 g/mol. The number of halogens is 1. The van der Waals surface area contributed by atoms with E-state index in [4.69, 9.17) is 11.6 Å². The third-order valence-corrected chi connectivity index (χ3v) is 6.13. The van der Waals surface area contributed by atoms with Gasteiger partial charge in [-0.15, -0.1) is 0 Å². The summed E-state index contributed by atoms with van der Waals surface area (Å²) in [6.07, 6.45) is 0. The molecule has 1 heteroatoms. The van der Waals surface area contributed by atoms with E-state index in [1.165, 1.54) is 38.9 Å². The maximum atomic E-state index is 6.30. The zero-order chi connectivity index (χ0) is 19.3. The Balaban J connectivity index is 1.86. The van der Waals surface area contributed by atoms with Gasteiger partial charge in [0, 0.05) is 10.4 Å². The van der Waals surface area contributed by atoms with E-state index in [1.54, 1.807) is 0 Å². The summed E-state index contributed by atoms with van der Waals surface area (Å²) in [6.45, 7) is 4.67. The Bertz CT molecular complexity index is 1190. The van der Waals surface area contributed by atoms with E-state index < -0.39 is 0 Å². The van der Waals surface area contributed by atoms with Crippen molar-refractivity contribution in [1.29, 1.82) is 0 Å². The predicted octanol–water partition coefficient (Wildman–Crippen LogP) is 7.98. The Morgan fingerprint density at radius 3 is 2.04 bits per heavy atom. The SMILES string of the molecule is CC1(C)c2ccccc2-c2cc(-c3cccc(Cl)c3)cc(-c3ccccc3)c21. The van der Waals surface area contributed by atoms with E-state index in [1.807, 2.05) is 18.2 Å². The second kappa shape index (κ2) is 6.36. The second-order valence-corrected chi connectivity index (χ2v) is 8.43. The van der Waals surface area contributed by atoms with Crippen LogP contribution in [0.3, 0.4) is 0 Å². The monoisotopic (exact) mass is 380 g/mol. The van der Waals surface area contributed by atoms with Crippen LogP contribution in [0.2, 0.25) is 5.02 Å². The van der Waals surface area contributed by atoms with Crippen molar-refractivity contribution in [1.82, 2.24) is 0 Å². The second-order valence-electron chi connectivity index (χ2n) is 7.99. The zero-order valence-electron chi connectivity index (χ0n) is 16.0. The van der Waals surface area contributed by atoms with Crippen molar-refractivity contribution in [2.45, 2.75) is 19.3 Å². The van der Waals surface area contributed by atoms with Gasteiger partial charge in [0.1, 0.15) is 0 Å². The summed E-state index contributed by atoms with van der Waals surface area (Å²) < 4.78 is 0. The summed E-state index contributed by atoms with van der Waals surface area (Å²) in [7, 11) is 0. The molecule has 4 aromatic carbocycles. The van der Waals surface area contributed by atoms with Crippen LogP contribution in [0.25, 0.3) is 33.4 Å². The fourth-order valence-corrected chi connectivity index (χ4v) is 4.80. The largest absolute Gasteiger partial charge is 0.0843 e. The molecule has 4 aromatic rings. The summed E-state index contributed by atoms with van der Waals surface area (Å²) in [5.41, 5.74) is 10.3. The van der Waals surface area contributed by atoms with Gasteiger partial charge in [0.15, 0.2) is 0 Å². The molecule has 0 nitrogen and oxygen atoms in total. The molecule has 0 aliphatic heterocycles. The molecule has 0 atom stereocenters. The fraction of sp³-hybridized carbons (Fsp3) is 0.111. The van der Waals surface area contributed by atoms with E-state index in [-0.39, 0.29) is 5.41 Å². The van der Waals surface area contributed by atoms with Crippen LogP contribution in [0.15, 0.2) is 91.0 Å². The van der Waals surface area contributed by atoms with Crippen LogP contribution in [0.4, 0.5) is 0 Å².